The van der Waals surface area contributed by atoms with E-state index in [1.54, 1.807) is 11.3 Å². The number of anilines is 1. The van der Waals surface area contributed by atoms with Gasteiger partial charge in [0.15, 0.2) is 5.82 Å². The average Bonchev–Trinajstić information content (AvgIpc) is 3.49. The SMILES string of the molecule is CC(=O)Nc1nnc(-c2ccc(Cn3c(-c4cscn4)nc4ccccc43)cc2)s1. The maximum Gasteiger partial charge on any atom is 0.223 e. The molecule has 148 valence electrons. The van der Waals surface area contributed by atoms with Crippen LogP contribution >= 0.6 is 22.7 Å². The minimum absolute atomic E-state index is 0.156. The van der Waals surface area contributed by atoms with E-state index in [0.717, 1.165) is 38.7 Å². The van der Waals surface area contributed by atoms with Crippen molar-refractivity contribution < 1.29 is 4.79 Å². The lowest BCUT2D eigenvalue weighted by atomic mass is 10.1. The van der Waals surface area contributed by atoms with E-state index in [1.165, 1.54) is 18.3 Å². The van der Waals surface area contributed by atoms with Gasteiger partial charge in [0, 0.05) is 24.4 Å². The number of aromatic nitrogens is 5. The molecule has 0 unspecified atom stereocenters. The van der Waals surface area contributed by atoms with Crippen LogP contribution in [0, 0.1) is 0 Å². The van der Waals surface area contributed by atoms with Crippen molar-refractivity contribution in [1.82, 2.24) is 24.7 Å². The lowest BCUT2D eigenvalue weighted by Crippen LogP contribution is -2.04. The van der Waals surface area contributed by atoms with Crippen molar-refractivity contribution >= 4 is 44.7 Å². The van der Waals surface area contributed by atoms with Crippen LogP contribution in [0.1, 0.15) is 12.5 Å². The van der Waals surface area contributed by atoms with Crippen molar-refractivity contribution in [2.24, 2.45) is 0 Å². The van der Waals surface area contributed by atoms with Crippen LogP contribution in [-0.2, 0) is 11.3 Å². The first-order valence-electron chi connectivity index (χ1n) is 9.21. The summed E-state index contributed by atoms with van der Waals surface area (Å²) in [7, 11) is 0. The normalized spacial score (nSPS) is 11.1. The fourth-order valence-corrected chi connectivity index (χ4v) is 4.56. The number of nitrogens with zero attached hydrogens (tertiary/aromatic N) is 5. The molecule has 30 heavy (non-hydrogen) atoms. The summed E-state index contributed by atoms with van der Waals surface area (Å²) in [5, 5.41) is 14.1. The molecule has 0 atom stereocenters. The van der Waals surface area contributed by atoms with Crippen LogP contribution < -0.4 is 5.32 Å². The number of imidazole rings is 1. The van der Waals surface area contributed by atoms with E-state index in [4.69, 9.17) is 4.98 Å². The molecule has 0 saturated carbocycles. The van der Waals surface area contributed by atoms with Gasteiger partial charge in [-0.3, -0.25) is 4.79 Å². The molecule has 0 aliphatic carbocycles. The second-order valence-corrected chi connectivity index (χ2v) is 8.37. The molecule has 5 rings (SSSR count). The molecular formula is C21H16N6OS2. The number of thiazole rings is 1. The van der Waals surface area contributed by atoms with Crippen molar-refractivity contribution in [3.63, 3.8) is 0 Å². The zero-order valence-electron chi connectivity index (χ0n) is 15.9. The number of para-hydroxylation sites is 2. The molecule has 0 radical (unpaired) electrons. The number of nitrogens with one attached hydrogen (secondary N) is 1. The molecule has 0 aliphatic rings. The standard InChI is InChI=1S/C21H16N6OS2/c1-13(28)23-21-26-25-20(30-21)15-8-6-14(7-9-15)10-27-18-5-3-2-4-16(18)24-19(27)17-11-29-12-22-17/h2-9,11-12H,10H2,1H3,(H,23,26,28). The van der Waals surface area contributed by atoms with Crippen molar-refractivity contribution in [3.8, 4) is 22.1 Å². The van der Waals surface area contributed by atoms with Crippen molar-refractivity contribution in [2.45, 2.75) is 13.5 Å². The smallest absolute Gasteiger partial charge is 0.223 e. The van der Waals surface area contributed by atoms with Gasteiger partial charge in [0.1, 0.15) is 10.7 Å². The number of carbonyl (C=O) groups excluding carboxylic acids is 1. The fourth-order valence-electron chi connectivity index (χ4n) is 3.23. The van der Waals surface area contributed by atoms with Gasteiger partial charge in [-0.25, -0.2) is 9.97 Å². The molecule has 2 aromatic carbocycles. The maximum atomic E-state index is 11.2. The van der Waals surface area contributed by atoms with Gasteiger partial charge in [0.2, 0.25) is 11.0 Å². The quantitative estimate of drug-likeness (QED) is 0.436. The number of hydrogen-bond acceptors (Lipinski definition) is 7. The molecular weight excluding hydrogens is 416 g/mol. The molecule has 0 spiro atoms. The molecule has 0 fully saturated rings. The van der Waals surface area contributed by atoms with E-state index >= 15 is 0 Å². The Balaban J connectivity index is 1.45. The fraction of sp³-hybridized carbons (Fsp3) is 0.0952. The average molecular weight is 433 g/mol. The molecule has 0 aliphatic heterocycles. The van der Waals surface area contributed by atoms with Crippen LogP contribution in [0.15, 0.2) is 59.4 Å². The number of rotatable bonds is 5. The van der Waals surface area contributed by atoms with Gasteiger partial charge < -0.3 is 9.88 Å². The molecule has 0 saturated heterocycles. The summed E-state index contributed by atoms with van der Waals surface area (Å²) in [4.78, 5) is 20.4. The molecule has 1 amide bonds. The van der Waals surface area contributed by atoms with E-state index in [1.807, 2.05) is 41.2 Å². The van der Waals surface area contributed by atoms with Gasteiger partial charge in [0.05, 0.1) is 16.5 Å². The van der Waals surface area contributed by atoms with E-state index in [-0.39, 0.29) is 5.91 Å². The van der Waals surface area contributed by atoms with Crippen LogP contribution in [-0.4, -0.2) is 30.6 Å². The van der Waals surface area contributed by atoms with E-state index in [9.17, 15) is 4.79 Å². The van der Waals surface area contributed by atoms with Gasteiger partial charge in [-0.05, 0) is 17.7 Å². The zero-order chi connectivity index (χ0) is 20.5. The number of hydrogen-bond donors (Lipinski definition) is 1. The Bertz CT molecular complexity index is 1320. The third-order valence-corrected chi connectivity index (χ3v) is 6.04. The summed E-state index contributed by atoms with van der Waals surface area (Å²) >= 11 is 2.91. The number of amides is 1. The van der Waals surface area contributed by atoms with E-state index in [2.05, 4.69) is 43.3 Å². The first-order valence-corrected chi connectivity index (χ1v) is 11.0. The van der Waals surface area contributed by atoms with Gasteiger partial charge in [-0.2, -0.15) is 0 Å². The third-order valence-electron chi connectivity index (χ3n) is 4.57. The Kier molecular flexibility index (Phi) is 4.82. The molecule has 3 heterocycles. The molecule has 1 N–H and O–H groups in total. The lowest BCUT2D eigenvalue weighted by molar-refractivity contribution is -0.114. The van der Waals surface area contributed by atoms with Gasteiger partial charge in [0.25, 0.3) is 0 Å². The zero-order valence-corrected chi connectivity index (χ0v) is 17.6. The van der Waals surface area contributed by atoms with Gasteiger partial charge >= 0.3 is 0 Å². The Morgan fingerprint density at radius 3 is 2.70 bits per heavy atom. The highest BCUT2D eigenvalue weighted by atomic mass is 32.1. The van der Waals surface area contributed by atoms with Crippen LogP contribution in [0.5, 0.6) is 0 Å². The predicted molar refractivity (Wildman–Crippen MR) is 120 cm³/mol. The minimum Gasteiger partial charge on any atom is -0.318 e. The summed E-state index contributed by atoms with van der Waals surface area (Å²) in [6.07, 6.45) is 0. The van der Waals surface area contributed by atoms with Crippen molar-refractivity contribution in [3.05, 3.63) is 65.0 Å². The molecule has 5 aromatic rings. The second kappa shape index (κ2) is 7.77. The Morgan fingerprint density at radius 2 is 1.93 bits per heavy atom. The second-order valence-electron chi connectivity index (χ2n) is 6.67. The van der Waals surface area contributed by atoms with E-state index in [0.29, 0.717) is 11.7 Å². The highest BCUT2D eigenvalue weighted by molar-refractivity contribution is 7.18. The maximum absolute atomic E-state index is 11.2. The Morgan fingerprint density at radius 1 is 1.10 bits per heavy atom. The summed E-state index contributed by atoms with van der Waals surface area (Å²) in [6, 6.07) is 16.3. The molecule has 7 nitrogen and oxygen atoms in total. The molecule has 9 heteroatoms. The van der Waals surface area contributed by atoms with Crippen LogP contribution in [0.25, 0.3) is 33.1 Å². The van der Waals surface area contributed by atoms with Crippen LogP contribution in [0.4, 0.5) is 5.13 Å². The lowest BCUT2D eigenvalue weighted by Gasteiger charge is -2.09. The number of fused-ring (bicyclic) bond motifs is 1. The summed E-state index contributed by atoms with van der Waals surface area (Å²) in [5.41, 5.74) is 6.84. The van der Waals surface area contributed by atoms with Crippen molar-refractivity contribution in [1.29, 1.82) is 0 Å². The van der Waals surface area contributed by atoms with Gasteiger partial charge in [-0.15, -0.1) is 21.5 Å². The minimum atomic E-state index is -0.156. The molecule has 3 aromatic heterocycles. The molecule has 0 bridgehead atoms. The Labute approximate surface area is 180 Å². The highest BCUT2D eigenvalue weighted by Crippen LogP contribution is 2.28. The Hall–Kier alpha value is -3.43. The number of benzene rings is 2. The first kappa shape index (κ1) is 18.6. The van der Waals surface area contributed by atoms with Gasteiger partial charge in [-0.1, -0.05) is 47.7 Å². The highest BCUT2D eigenvalue weighted by Gasteiger charge is 2.14. The largest absolute Gasteiger partial charge is 0.318 e. The summed E-state index contributed by atoms with van der Waals surface area (Å²) in [6.45, 7) is 2.14. The predicted octanol–water partition coefficient (Wildman–Crippen LogP) is 4.69. The monoisotopic (exact) mass is 432 g/mol. The van der Waals surface area contributed by atoms with Crippen LogP contribution in [0.2, 0.25) is 0 Å². The topological polar surface area (TPSA) is 85.6 Å². The van der Waals surface area contributed by atoms with Crippen molar-refractivity contribution in [2.75, 3.05) is 5.32 Å². The first-order chi connectivity index (χ1) is 14.7. The van der Waals surface area contributed by atoms with Crippen LogP contribution in [0.3, 0.4) is 0 Å². The van der Waals surface area contributed by atoms with E-state index < -0.39 is 0 Å². The number of carbonyl (C=O) groups is 1. The summed E-state index contributed by atoms with van der Waals surface area (Å²) < 4.78 is 2.19. The third kappa shape index (κ3) is 3.60. The summed E-state index contributed by atoms with van der Waals surface area (Å²) in [5.74, 6) is 0.710.